The van der Waals surface area contributed by atoms with Gasteiger partial charge in [0.15, 0.2) is 0 Å². The zero-order chi connectivity index (χ0) is 14.3. The van der Waals surface area contributed by atoms with Crippen molar-refractivity contribution in [2.75, 3.05) is 13.6 Å². The van der Waals surface area contributed by atoms with E-state index in [9.17, 15) is 9.59 Å². The summed E-state index contributed by atoms with van der Waals surface area (Å²) in [6, 6.07) is 7.00. The summed E-state index contributed by atoms with van der Waals surface area (Å²) in [6.45, 7) is 2.09. The predicted octanol–water partition coefficient (Wildman–Crippen LogP) is 1.84. The van der Waals surface area contributed by atoms with Gasteiger partial charge in [0.1, 0.15) is 0 Å². The first-order chi connectivity index (χ1) is 9.06. The van der Waals surface area contributed by atoms with Crippen molar-refractivity contribution in [1.29, 1.82) is 0 Å². The Morgan fingerprint density at radius 1 is 1.26 bits per heavy atom. The van der Waals surface area contributed by atoms with Crippen LogP contribution in [0.4, 0.5) is 4.79 Å². The Morgan fingerprint density at radius 3 is 2.42 bits per heavy atom. The molecular formula is C13H18ClN3O2. The van der Waals surface area contributed by atoms with Crippen LogP contribution < -0.4 is 16.0 Å². The fourth-order valence-electron chi connectivity index (χ4n) is 1.64. The summed E-state index contributed by atoms with van der Waals surface area (Å²) in [5.41, 5.74) is 1.06. The van der Waals surface area contributed by atoms with Gasteiger partial charge in [-0.1, -0.05) is 30.7 Å². The minimum absolute atomic E-state index is 0.0488. The van der Waals surface area contributed by atoms with Crippen molar-refractivity contribution in [1.82, 2.24) is 16.0 Å². The molecule has 0 aliphatic carbocycles. The fourth-order valence-corrected chi connectivity index (χ4v) is 1.77. The van der Waals surface area contributed by atoms with Crippen LogP contribution in [0.2, 0.25) is 5.02 Å². The molecule has 0 aromatic heterocycles. The molecule has 3 N–H and O–H groups in total. The lowest BCUT2D eigenvalue weighted by Crippen LogP contribution is -2.42. The SMILES string of the molecule is CC[C@@H](NCC(=O)NC(=O)NC)c1ccc(Cl)cc1. The molecule has 0 radical (unpaired) electrons. The molecule has 104 valence electrons. The largest absolute Gasteiger partial charge is 0.341 e. The number of hydrogen-bond donors (Lipinski definition) is 3. The number of halogens is 1. The molecule has 6 heteroatoms. The van der Waals surface area contributed by atoms with E-state index in [0.717, 1.165) is 12.0 Å². The zero-order valence-corrected chi connectivity index (χ0v) is 11.8. The number of urea groups is 1. The second-order valence-corrected chi connectivity index (χ2v) is 4.46. The number of carbonyl (C=O) groups is 2. The van der Waals surface area contributed by atoms with Gasteiger partial charge in [-0.15, -0.1) is 0 Å². The molecule has 19 heavy (non-hydrogen) atoms. The van der Waals surface area contributed by atoms with Crippen LogP contribution in [0.5, 0.6) is 0 Å². The van der Waals surface area contributed by atoms with Gasteiger partial charge in [0.2, 0.25) is 5.91 Å². The van der Waals surface area contributed by atoms with E-state index in [2.05, 4.69) is 16.0 Å². The first-order valence-electron chi connectivity index (χ1n) is 6.07. The van der Waals surface area contributed by atoms with Gasteiger partial charge in [-0.2, -0.15) is 0 Å². The van der Waals surface area contributed by atoms with Crippen LogP contribution in [0.15, 0.2) is 24.3 Å². The van der Waals surface area contributed by atoms with E-state index < -0.39 is 6.03 Å². The molecule has 0 heterocycles. The van der Waals surface area contributed by atoms with Crippen molar-refractivity contribution >= 4 is 23.5 Å². The summed E-state index contributed by atoms with van der Waals surface area (Å²) < 4.78 is 0. The molecular weight excluding hydrogens is 266 g/mol. The quantitative estimate of drug-likeness (QED) is 0.772. The summed E-state index contributed by atoms with van der Waals surface area (Å²) >= 11 is 5.83. The monoisotopic (exact) mass is 283 g/mol. The van der Waals surface area contributed by atoms with Crippen molar-refractivity contribution in [2.24, 2.45) is 0 Å². The lowest BCUT2D eigenvalue weighted by molar-refractivity contribution is -0.119. The average molecular weight is 284 g/mol. The molecule has 1 aromatic carbocycles. The third-order valence-corrected chi connectivity index (χ3v) is 2.92. The van der Waals surface area contributed by atoms with Gasteiger partial charge >= 0.3 is 6.03 Å². The van der Waals surface area contributed by atoms with Gasteiger partial charge in [0.05, 0.1) is 6.54 Å². The molecule has 0 fully saturated rings. The third kappa shape index (κ3) is 5.28. The number of amides is 3. The van der Waals surface area contributed by atoms with Gasteiger partial charge in [-0.3, -0.25) is 10.1 Å². The Balaban J connectivity index is 2.51. The topological polar surface area (TPSA) is 70.2 Å². The predicted molar refractivity (Wildman–Crippen MR) is 75.1 cm³/mol. The number of rotatable bonds is 5. The van der Waals surface area contributed by atoms with Crippen LogP contribution in [0.3, 0.4) is 0 Å². The number of carbonyl (C=O) groups excluding carboxylic acids is 2. The lowest BCUT2D eigenvalue weighted by atomic mass is 10.0. The molecule has 0 saturated heterocycles. The molecule has 0 bridgehead atoms. The molecule has 0 saturated carbocycles. The minimum atomic E-state index is -0.508. The first-order valence-corrected chi connectivity index (χ1v) is 6.45. The van der Waals surface area contributed by atoms with Gasteiger partial charge in [0, 0.05) is 18.1 Å². The Bertz CT molecular complexity index is 434. The van der Waals surface area contributed by atoms with Crippen LogP contribution in [-0.4, -0.2) is 25.5 Å². The maximum Gasteiger partial charge on any atom is 0.321 e. The highest BCUT2D eigenvalue weighted by molar-refractivity contribution is 6.30. The number of hydrogen-bond acceptors (Lipinski definition) is 3. The highest BCUT2D eigenvalue weighted by Crippen LogP contribution is 2.18. The Morgan fingerprint density at radius 2 is 1.89 bits per heavy atom. The Kier molecular flexibility index (Phi) is 6.32. The summed E-state index contributed by atoms with van der Waals surface area (Å²) in [4.78, 5) is 22.4. The van der Waals surface area contributed by atoms with Gasteiger partial charge < -0.3 is 10.6 Å². The molecule has 1 aromatic rings. The second-order valence-electron chi connectivity index (χ2n) is 4.02. The van der Waals surface area contributed by atoms with Crippen molar-refractivity contribution < 1.29 is 9.59 Å². The van der Waals surface area contributed by atoms with E-state index in [1.54, 1.807) is 0 Å². The normalized spacial score (nSPS) is 11.7. The van der Waals surface area contributed by atoms with Crippen molar-refractivity contribution in [3.05, 3.63) is 34.9 Å². The third-order valence-electron chi connectivity index (χ3n) is 2.67. The number of benzene rings is 1. The van der Waals surface area contributed by atoms with Gasteiger partial charge in [-0.05, 0) is 24.1 Å². The minimum Gasteiger partial charge on any atom is -0.341 e. The summed E-state index contributed by atoms with van der Waals surface area (Å²) in [7, 11) is 1.46. The Hall–Kier alpha value is -1.59. The number of nitrogens with one attached hydrogen (secondary N) is 3. The maximum absolute atomic E-state index is 11.5. The molecule has 3 amide bonds. The molecule has 0 aliphatic heterocycles. The molecule has 0 spiro atoms. The lowest BCUT2D eigenvalue weighted by Gasteiger charge is -2.17. The molecule has 0 unspecified atom stereocenters. The van der Waals surface area contributed by atoms with Crippen LogP contribution in [0.1, 0.15) is 24.9 Å². The molecule has 1 rings (SSSR count). The zero-order valence-electron chi connectivity index (χ0n) is 11.0. The summed E-state index contributed by atoms with van der Waals surface area (Å²) in [5.74, 6) is -0.369. The highest BCUT2D eigenvalue weighted by Gasteiger charge is 2.11. The molecule has 0 aliphatic rings. The number of imide groups is 1. The van der Waals surface area contributed by atoms with Crippen molar-refractivity contribution in [2.45, 2.75) is 19.4 Å². The second kappa shape index (κ2) is 7.76. The first kappa shape index (κ1) is 15.5. The molecule has 5 nitrogen and oxygen atoms in total. The van der Waals surface area contributed by atoms with Crippen LogP contribution in [0.25, 0.3) is 0 Å². The van der Waals surface area contributed by atoms with Crippen molar-refractivity contribution in [3.63, 3.8) is 0 Å². The van der Waals surface area contributed by atoms with Crippen LogP contribution in [0, 0.1) is 0 Å². The van der Waals surface area contributed by atoms with Gasteiger partial charge in [-0.25, -0.2) is 4.79 Å². The van der Waals surface area contributed by atoms with E-state index in [0.29, 0.717) is 5.02 Å². The Labute approximate surface area is 117 Å². The van der Waals surface area contributed by atoms with Crippen LogP contribution in [-0.2, 0) is 4.79 Å². The fraction of sp³-hybridized carbons (Fsp3) is 0.385. The highest BCUT2D eigenvalue weighted by atomic mass is 35.5. The molecule has 1 atom stereocenters. The van der Waals surface area contributed by atoms with E-state index in [-0.39, 0.29) is 18.5 Å². The summed E-state index contributed by atoms with van der Waals surface area (Å²) in [5, 5.41) is 8.30. The average Bonchev–Trinajstić information content (AvgIpc) is 2.41. The van der Waals surface area contributed by atoms with Gasteiger partial charge in [0.25, 0.3) is 0 Å². The van der Waals surface area contributed by atoms with E-state index in [1.165, 1.54) is 7.05 Å². The van der Waals surface area contributed by atoms with Crippen LogP contribution >= 0.6 is 11.6 Å². The summed E-state index contributed by atoms with van der Waals surface area (Å²) in [6.07, 6.45) is 0.828. The van der Waals surface area contributed by atoms with Crippen molar-refractivity contribution in [3.8, 4) is 0 Å². The van der Waals surface area contributed by atoms with E-state index in [1.807, 2.05) is 31.2 Å². The smallest absolute Gasteiger partial charge is 0.321 e. The van der Waals surface area contributed by atoms with E-state index in [4.69, 9.17) is 11.6 Å². The van der Waals surface area contributed by atoms with E-state index >= 15 is 0 Å². The standard InChI is InChI=1S/C13H18ClN3O2/c1-3-11(9-4-6-10(14)7-5-9)16-8-12(18)17-13(19)15-2/h4-7,11,16H,3,8H2,1-2H3,(H2,15,17,18,19)/t11-/m1/s1. The maximum atomic E-state index is 11.5.